The number of nitrogens with zero attached hydrogens (tertiary/aromatic N) is 1. The van der Waals surface area contributed by atoms with E-state index in [2.05, 4.69) is 0 Å². The Labute approximate surface area is 115 Å². The monoisotopic (exact) mass is 309 g/mol. The molecule has 20 heavy (non-hydrogen) atoms. The number of rotatable bonds is 3. The van der Waals surface area contributed by atoms with E-state index in [-0.39, 0.29) is 24.1 Å². The highest BCUT2D eigenvalue weighted by molar-refractivity contribution is 7.89. The zero-order valence-electron chi connectivity index (χ0n) is 10.7. The average Bonchev–Trinajstić information content (AvgIpc) is 2.87. The van der Waals surface area contributed by atoms with Gasteiger partial charge < -0.3 is 4.74 Å². The van der Waals surface area contributed by atoms with Crippen molar-refractivity contribution in [2.24, 2.45) is 0 Å². The van der Waals surface area contributed by atoms with E-state index in [4.69, 9.17) is 4.74 Å². The van der Waals surface area contributed by atoms with Crippen molar-refractivity contribution in [2.75, 3.05) is 20.2 Å². The first-order valence-electron chi connectivity index (χ1n) is 5.95. The Bertz CT molecular complexity index is 586. The first kappa shape index (κ1) is 15.3. The molecular formula is C12H14F3NO3S. The van der Waals surface area contributed by atoms with Gasteiger partial charge >= 0.3 is 6.18 Å². The first-order valence-corrected chi connectivity index (χ1v) is 7.39. The van der Waals surface area contributed by atoms with Crippen molar-refractivity contribution in [1.29, 1.82) is 0 Å². The Morgan fingerprint density at radius 1 is 1.35 bits per heavy atom. The molecule has 1 unspecified atom stereocenters. The van der Waals surface area contributed by atoms with Gasteiger partial charge in [0.2, 0.25) is 10.0 Å². The molecular weight excluding hydrogens is 295 g/mol. The van der Waals surface area contributed by atoms with Gasteiger partial charge in [0, 0.05) is 20.2 Å². The molecule has 0 amide bonds. The molecule has 0 spiro atoms. The molecule has 1 fully saturated rings. The highest BCUT2D eigenvalue weighted by Crippen LogP contribution is 2.31. The second-order valence-electron chi connectivity index (χ2n) is 4.54. The fraction of sp³-hybridized carbons (Fsp3) is 0.500. The fourth-order valence-corrected chi connectivity index (χ4v) is 3.62. The SMILES string of the molecule is COC1CCN(S(=O)(=O)c2cccc(C(F)(F)F)c2)C1. The second kappa shape index (κ2) is 5.34. The largest absolute Gasteiger partial charge is 0.416 e. The van der Waals surface area contributed by atoms with Crippen LogP contribution in [0.5, 0.6) is 0 Å². The molecule has 0 radical (unpaired) electrons. The van der Waals surface area contributed by atoms with Crippen molar-refractivity contribution in [3.8, 4) is 0 Å². The van der Waals surface area contributed by atoms with E-state index in [0.717, 1.165) is 16.4 Å². The van der Waals surface area contributed by atoms with Gasteiger partial charge in [0.25, 0.3) is 0 Å². The van der Waals surface area contributed by atoms with Gasteiger partial charge in [0.1, 0.15) is 0 Å². The van der Waals surface area contributed by atoms with Crippen LogP contribution in [0, 0.1) is 0 Å². The third-order valence-corrected chi connectivity index (χ3v) is 5.10. The van der Waals surface area contributed by atoms with Gasteiger partial charge in [-0.15, -0.1) is 0 Å². The van der Waals surface area contributed by atoms with Gasteiger partial charge in [-0.2, -0.15) is 17.5 Å². The van der Waals surface area contributed by atoms with Crippen LogP contribution in [0.4, 0.5) is 13.2 Å². The predicted octanol–water partition coefficient (Wildman–Crippen LogP) is 2.11. The van der Waals surface area contributed by atoms with Crippen LogP contribution >= 0.6 is 0 Å². The first-order chi connectivity index (χ1) is 9.25. The molecule has 1 atom stereocenters. The van der Waals surface area contributed by atoms with E-state index in [1.165, 1.54) is 13.2 Å². The number of sulfonamides is 1. The smallest absolute Gasteiger partial charge is 0.380 e. The molecule has 1 heterocycles. The minimum absolute atomic E-state index is 0.162. The standard InChI is InChI=1S/C12H14F3NO3S/c1-19-10-5-6-16(8-10)20(17,18)11-4-2-3-9(7-11)12(13,14)15/h2-4,7,10H,5-6,8H2,1H3. The minimum atomic E-state index is -4.56. The molecule has 2 rings (SSSR count). The van der Waals surface area contributed by atoms with Crippen molar-refractivity contribution in [2.45, 2.75) is 23.6 Å². The Morgan fingerprint density at radius 2 is 2.05 bits per heavy atom. The quantitative estimate of drug-likeness (QED) is 0.859. The van der Waals surface area contributed by atoms with E-state index < -0.39 is 21.8 Å². The minimum Gasteiger partial charge on any atom is -0.380 e. The van der Waals surface area contributed by atoms with Crippen LogP contribution < -0.4 is 0 Å². The Morgan fingerprint density at radius 3 is 2.60 bits per heavy atom. The zero-order valence-corrected chi connectivity index (χ0v) is 11.5. The van der Waals surface area contributed by atoms with Crippen LogP contribution in [0.25, 0.3) is 0 Å². The zero-order chi connectivity index (χ0) is 15.0. The van der Waals surface area contributed by atoms with Crippen molar-refractivity contribution < 1.29 is 26.3 Å². The van der Waals surface area contributed by atoms with Crippen molar-refractivity contribution in [3.63, 3.8) is 0 Å². The van der Waals surface area contributed by atoms with E-state index >= 15 is 0 Å². The summed E-state index contributed by atoms with van der Waals surface area (Å²) in [6.07, 6.45) is -4.24. The van der Waals surface area contributed by atoms with Gasteiger partial charge in [0.15, 0.2) is 0 Å². The molecule has 1 aromatic carbocycles. The third kappa shape index (κ3) is 2.97. The summed E-state index contributed by atoms with van der Waals surface area (Å²) in [4.78, 5) is -0.343. The van der Waals surface area contributed by atoms with Crippen molar-refractivity contribution in [3.05, 3.63) is 29.8 Å². The lowest BCUT2D eigenvalue weighted by Gasteiger charge is -2.17. The summed E-state index contributed by atoms with van der Waals surface area (Å²) in [5.41, 5.74) is -0.971. The van der Waals surface area contributed by atoms with Gasteiger partial charge in [-0.3, -0.25) is 0 Å². The Balaban J connectivity index is 2.31. The summed E-state index contributed by atoms with van der Waals surface area (Å²) < 4.78 is 68.6. The molecule has 1 aliphatic rings. The third-order valence-electron chi connectivity index (χ3n) is 3.24. The molecule has 1 aliphatic heterocycles. The van der Waals surface area contributed by atoms with Gasteiger partial charge in [-0.25, -0.2) is 8.42 Å². The maximum absolute atomic E-state index is 12.6. The normalized spacial score (nSPS) is 21.3. The molecule has 4 nitrogen and oxygen atoms in total. The number of benzene rings is 1. The lowest BCUT2D eigenvalue weighted by atomic mass is 10.2. The lowest BCUT2D eigenvalue weighted by molar-refractivity contribution is -0.137. The molecule has 0 bridgehead atoms. The molecule has 1 saturated heterocycles. The molecule has 112 valence electrons. The summed E-state index contributed by atoms with van der Waals surface area (Å²) in [5, 5.41) is 0. The molecule has 1 aromatic rings. The fourth-order valence-electron chi connectivity index (χ4n) is 2.09. The summed E-state index contributed by atoms with van der Waals surface area (Å²) >= 11 is 0. The summed E-state index contributed by atoms with van der Waals surface area (Å²) in [6, 6.07) is 3.78. The molecule has 0 aliphatic carbocycles. The van der Waals surface area contributed by atoms with Gasteiger partial charge in [-0.05, 0) is 24.6 Å². The maximum atomic E-state index is 12.6. The maximum Gasteiger partial charge on any atom is 0.416 e. The average molecular weight is 309 g/mol. The number of halogens is 3. The Hall–Kier alpha value is -1.12. The number of alkyl halides is 3. The van der Waals surface area contributed by atoms with E-state index in [1.807, 2.05) is 0 Å². The highest BCUT2D eigenvalue weighted by Gasteiger charge is 2.35. The van der Waals surface area contributed by atoms with E-state index in [1.54, 1.807) is 0 Å². The van der Waals surface area contributed by atoms with Crippen LogP contribution in [0.15, 0.2) is 29.2 Å². The van der Waals surface area contributed by atoms with Crippen molar-refractivity contribution in [1.82, 2.24) is 4.31 Å². The predicted molar refractivity (Wildman–Crippen MR) is 65.6 cm³/mol. The second-order valence-corrected chi connectivity index (χ2v) is 6.47. The molecule has 0 saturated carbocycles. The molecule has 8 heteroatoms. The Kier molecular flexibility index (Phi) is 4.08. The number of hydrogen-bond acceptors (Lipinski definition) is 3. The van der Waals surface area contributed by atoms with Gasteiger partial charge in [-0.1, -0.05) is 6.07 Å². The van der Waals surface area contributed by atoms with Crippen LogP contribution in [0.1, 0.15) is 12.0 Å². The number of hydrogen-bond donors (Lipinski definition) is 0. The molecule has 0 N–H and O–H groups in total. The lowest BCUT2D eigenvalue weighted by Crippen LogP contribution is -2.30. The van der Waals surface area contributed by atoms with Crippen LogP contribution in [-0.4, -0.2) is 39.0 Å². The number of methoxy groups -OCH3 is 1. The summed E-state index contributed by atoms with van der Waals surface area (Å²) in [5.74, 6) is 0. The van der Waals surface area contributed by atoms with Crippen LogP contribution in [0.2, 0.25) is 0 Å². The van der Waals surface area contributed by atoms with Crippen molar-refractivity contribution >= 4 is 10.0 Å². The van der Waals surface area contributed by atoms with E-state index in [9.17, 15) is 21.6 Å². The highest BCUT2D eigenvalue weighted by atomic mass is 32.2. The van der Waals surface area contributed by atoms with E-state index in [0.29, 0.717) is 12.5 Å². The number of ether oxygens (including phenoxy) is 1. The summed E-state index contributed by atoms with van der Waals surface area (Å²) in [7, 11) is -2.43. The summed E-state index contributed by atoms with van der Waals surface area (Å²) in [6.45, 7) is 0.409. The molecule has 0 aromatic heterocycles. The van der Waals surface area contributed by atoms with Gasteiger partial charge in [0.05, 0.1) is 16.6 Å². The van der Waals surface area contributed by atoms with Crippen LogP contribution in [-0.2, 0) is 20.9 Å². The van der Waals surface area contributed by atoms with Crippen LogP contribution in [0.3, 0.4) is 0 Å². The topological polar surface area (TPSA) is 46.6 Å².